The summed E-state index contributed by atoms with van der Waals surface area (Å²) in [6.45, 7) is 9.20. The summed E-state index contributed by atoms with van der Waals surface area (Å²) in [5, 5.41) is 4.01. The molecule has 0 aliphatic carbocycles. The van der Waals surface area contributed by atoms with Crippen LogP contribution in [0.25, 0.3) is 10.9 Å². The zero-order valence-corrected chi connectivity index (χ0v) is 22.4. The van der Waals surface area contributed by atoms with Gasteiger partial charge in [-0.2, -0.15) is 4.31 Å². The molecule has 0 fully saturated rings. The van der Waals surface area contributed by atoms with E-state index in [0.29, 0.717) is 42.7 Å². The molecule has 0 saturated heterocycles. The van der Waals surface area contributed by atoms with Crippen LogP contribution < -0.4 is 11.1 Å². The van der Waals surface area contributed by atoms with Gasteiger partial charge in [0.2, 0.25) is 15.9 Å². The van der Waals surface area contributed by atoms with Crippen molar-refractivity contribution in [3.8, 4) is 0 Å². The van der Waals surface area contributed by atoms with Gasteiger partial charge in [0.1, 0.15) is 17.7 Å². The molecule has 1 heterocycles. The molecule has 3 aromatic rings. The number of likely N-dealkylation sites (N-methyl/N-ethyl adjacent to an activating group) is 2. The third-order valence-electron chi connectivity index (χ3n) is 6.07. The summed E-state index contributed by atoms with van der Waals surface area (Å²) in [4.78, 5) is 23.6. The molecule has 2 aromatic carbocycles. The van der Waals surface area contributed by atoms with E-state index in [1.807, 2.05) is 63.9 Å². The van der Waals surface area contributed by atoms with Crippen molar-refractivity contribution in [2.75, 3.05) is 32.0 Å². The largest absolute Gasteiger partial charge is 0.368 e. The molecule has 3 N–H and O–H groups in total. The number of nitrogens with zero attached hydrogens (tertiary/aromatic N) is 4. The molecule has 36 heavy (non-hydrogen) atoms. The number of benzene rings is 2. The number of sulfonamides is 1. The molecule has 10 heteroatoms. The monoisotopic (exact) mass is 512 g/mol. The molecule has 0 radical (unpaired) electrons. The van der Waals surface area contributed by atoms with Crippen LogP contribution in [0.15, 0.2) is 53.4 Å². The van der Waals surface area contributed by atoms with Crippen LogP contribution in [0.3, 0.4) is 0 Å². The maximum atomic E-state index is 13.1. The number of anilines is 1. The third kappa shape index (κ3) is 6.57. The van der Waals surface area contributed by atoms with Crippen molar-refractivity contribution in [3.63, 3.8) is 0 Å². The molecule has 1 amide bonds. The number of fused-ring (bicyclic) bond motifs is 1. The van der Waals surface area contributed by atoms with Crippen LogP contribution in [-0.2, 0) is 21.4 Å². The van der Waals surface area contributed by atoms with E-state index in [1.165, 1.54) is 4.31 Å². The highest BCUT2D eigenvalue weighted by Crippen LogP contribution is 2.23. The molecule has 1 aromatic heterocycles. The van der Waals surface area contributed by atoms with E-state index in [0.717, 1.165) is 16.5 Å². The van der Waals surface area contributed by atoms with Crippen LogP contribution in [0.5, 0.6) is 0 Å². The van der Waals surface area contributed by atoms with E-state index < -0.39 is 22.0 Å². The van der Waals surface area contributed by atoms with Crippen LogP contribution in [0.4, 0.5) is 5.82 Å². The molecule has 0 saturated carbocycles. The summed E-state index contributed by atoms with van der Waals surface area (Å²) in [6.07, 6.45) is 0. The fraction of sp³-hybridized carbons (Fsp3) is 0.423. The fourth-order valence-electron chi connectivity index (χ4n) is 3.93. The van der Waals surface area contributed by atoms with Gasteiger partial charge in [0.05, 0.1) is 17.0 Å². The summed E-state index contributed by atoms with van der Waals surface area (Å²) in [5.74, 6) is 0.660. The first kappa shape index (κ1) is 27.5. The molecule has 9 nitrogen and oxygen atoms in total. The minimum Gasteiger partial charge on any atom is -0.368 e. The Labute approximate surface area is 213 Å². The smallest absolute Gasteiger partial charge is 0.243 e. The van der Waals surface area contributed by atoms with Gasteiger partial charge in [0.25, 0.3) is 0 Å². The maximum absolute atomic E-state index is 13.1. The van der Waals surface area contributed by atoms with Crippen molar-refractivity contribution in [1.82, 2.24) is 19.2 Å². The topological polar surface area (TPSA) is 122 Å². The minimum atomic E-state index is -3.58. The summed E-state index contributed by atoms with van der Waals surface area (Å²) in [7, 11) is -1.68. The van der Waals surface area contributed by atoms with Gasteiger partial charge < -0.3 is 11.1 Å². The predicted molar refractivity (Wildman–Crippen MR) is 143 cm³/mol. The predicted octanol–water partition coefficient (Wildman–Crippen LogP) is 3.00. The SMILES string of the molecule is CCN(CCN(C)Cc1nc(N[C@H](C(N)=O)C(C)C)c2ccccc2n1)S(=O)(=O)c1ccc(C)cc1. The highest BCUT2D eigenvalue weighted by molar-refractivity contribution is 7.89. The van der Waals surface area contributed by atoms with Crippen LogP contribution in [0.1, 0.15) is 32.2 Å². The number of para-hydroxylation sites is 1. The Morgan fingerprint density at radius 1 is 1.06 bits per heavy atom. The Kier molecular flexibility index (Phi) is 8.99. The minimum absolute atomic E-state index is 0.0159. The van der Waals surface area contributed by atoms with Gasteiger partial charge in [0, 0.05) is 25.0 Å². The number of rotatable bonds is 12. The molecule has 0 aliphatic heterocycles. The number of amides is 1. The maximum Gasteiger partial charge on any atom is 0.243 e. The van der Waals surface area contributed by atoms with E-state index >= 15 is 0 Å². The van der Waals surface area contributed by atoms with Gasteiger partial charge in [-0.3, -0.25) is 9.69 Å². The highest BCUT2D eigenvalue weighted by atomic mass is 32.2. The summed E-state index contributed by atoms with van der Waals surface area (Å²) in [6, 6.07) is 13.9. The second kappa shape index (κ2) is 11.8. The molecular formula is C26H36N6O3S. The summed E-state index contributed by atoms with van der Waals surface area (Å²) >= 11 is 0. The first-order chi connectivity index (χ1) is 17.0. The van der Waals surface area contributed by atoms with Crippen molar-refractivity contribution < 1.29 is 13.2 Å². The van der Waals surface area contributed by atoms with Crippen molar-refractivity contribution in [2.45, 2.75) is 45.2 Å². The first-order valence-electron chi connectivity index (χ1n) is 12.1. The lowest BCUT2D eigenvalue weighted by molar-refractivity contribution is -0.119. The lowest BCUT2D eigenvalue weighted by atomic mass is 10.0. The second-order valence-corrected chi connectivity index (χ2v) is 11.3. The van der Waals surface area contributed by atoms with E-state index in [9.17, 15) is 13.2 Å². The molecule has 1 atom stereocenters. The molecule has 0 aliphatic rings. The van der Waals surface area contributed by atoms with Crippen LogP contribution in [0, 0.1) is 12.8 Å². The number of nitrogens with one attached hydrogen (secondary N) is 1. The Morgan fingerprint density at radius 3 is 2.33 bits per heavy atom. The molecular weight excluding hydrogens is 476 g/mol. The Balaban J connectivity index is 1.76. The number of nitrogens with two attached hydrogens (primary N) is 1. The average molecular weight is 513 g/mol. The van der Waals surface area contributed by atoms with Gasteiger partial charge >= 0.3 is 0 Å². The molecule has 3 rings (SSSR count). The summed E-state index contributed by atoms with van der Waals surface area (Å²) < 4.78 is 27.6. The standard InChI is InChI=1S/C26H36N6O3S/c1-6-32(36(34,35)20-13-11-19(4)12-14-20)16-15-31(5)17-23-28-22-10-8-7-9-21(22)26(29-23)30-24(18(2)3)25(27)33/h7-14,18,24H,6,15-17H2,1-5H3,(H2,27,33)(H,28,29,30)/t24-/m0/s1. The fourth-order valence-corrected chi connectivity index (χ4v) is 5.37. The van der Waals surface area contributed by atoms with E-state index in [-0.39, 0.29) is 5.92 Å². The number of hydrogen-bond acceptors (Lipinski definition) is 7. The quantitative estimate of drug-likeness (QED) is 0.383. The molecule has 0 spiro atoms. The van der Waals surface area contributed by atoms with Crippen LogP contribution in [-0.4, -0.2) is 66.2 Å². The zero-order valence-electron chi connectivity index (χ0n) is 21.6. The lowest BCUT2D eigenvalue weighted by Crippen LogP contribution is -2.40. The van der Waals surface area contributed by atoms with Gasteiger partial charge in [-0.05, 0) is 44.2 Å². The third-order valence-corrected chi connectivity index (χ3v) is 8.06. The number of hydrogen-bond donors (Lipinski definition) is 2. The van der Waals surface area contributed by atoms with Crippen molar-refractivity contribution in [3.05, 3.63) is 59.9 Å². The lowest BCUT2D eigenvalue weighted by Gasteiger charge is -2.24. The first-order valence-corrected chi connectivity index (χ1v) is 13.5. The average Bonchev–Trinajstić information content (AvgIpc) is 2.82. The van der Waals surface area contributed by atoms with Crippen LogP contribution in [0.2, 0.25) is 0 Å². The van der Waals surface area contributed by atoms with Crippen molar-refractivity contribution >= 4 is 32.7 Å². The van der Waals surface area contributed by atoms with E-state index in [4.69, 9.17) is 10.7 Å². The number of aryl methyl sites for hydroxylation is 1. The Morgan fingerprint density at radius 2 is 1.72 bits per heavy atom. The van der Waals surface area contributed by atoms with Gasteiger partial charge in [0.15, 0.2) is 0 Å². The van der Waals surface area contributed by atoms with E-state index in [1.54, 1.807) is 24.3 Å². The molecule has 0 bridgehead atoms. The van der Waals surface area contributed by atoms with Gasteiger partial charge in [-0.15, -0.1) is 0 Å². The van der Waals surface area contributed by atoms with Crippen molar-refractivity contribution in [1.29, 1.82) is 0 Å². The molecule has 0 unspecified atom stereocenters. The Bertz CT molecular complexity index is 1290. The van der Waals surface area contributed by atoms with Crippen molar-refractivity contribution in [2.24, 2.45) is 11.7 Å². The Hall–Kier alpha value is -3.08. The van der Waals surface area contributed by atoms with Crippen LogP contribution >= 0.6 is 0 Å². The second-order valence-electron chi connectivity index (χ2n) is 9.32. The number of primary amides is 1. The number of carbonyl (C=O) groups is 1. The van der Waals surface area contributed by atoms with Gasteiger partial charge in [-0.25, -0.2) is 18.4 Å². The molecule has 194 valence electrons. The normalized spacial score (nSPS) is 13.0. The summed E-state index contributed by atoms with van der Waals surface area (Å²) in [5.41, 5.74) is 7.37. The van der Waals surface area contributed by atoms with E-state index in [2.05, 4.69) is 10.3 Å². The zero-order chi connectivity index (χ0) is 26.5. The highest BCUT2D eigenvalue weighted by Gasteiger charge is 2.24. The van der Waals surface area contributed by atoms with Gasteiger partial charge in [-0.1, -0.05) is 50.6 Å². The number of aromatic nitrogens is 2. The number of carbonyl (C=O) groups excluding carboxylic acids is 1.